The zero-order valence-corrected chi connectivity index (χ0v) is 19.4. The van der Waals surface area contributed by atoms with Gasteiger partial charge >= 0.3 is 0 Å². The van der Waals surface area contributed by atoms with E-state index in [2.05, 4.69) is 15.6 Å². The van der Waals surface area contributed by atoms with Crippen LogP contribution in [0, 0.1) is 23.2 Å². The van der Waals surface area contributed by atoms with Crippen LogP contribution in [-0.4, -0.2) is 59.3 Å². The van der Waals surface area contributed by atoms with Crippen LogP contribution < -0.4 is 10.6 Å². The third-order valence-electron chi connectivity index (χ3n) is 7.76. The first-order valence-electron chi connectivity index (χ1n) is 12.0. The highest BCUT2D eigenvalue weighted by Gasteiger charge is 2.50. The minimum Gasteiger partial charge on any atom is -0.350 e. The Hall–Kier alpha value is -2.41. The number of aromatic nitrogens is 2. The van der Waals surface area contributed by atoms with Crippen molar-refractivity contribution in [2.24, 2.45) is 23.2 Å². The highest BCUT2D eigenvalue weighted by atomic mass is 16.2. The average Bonchev–Trinajstić information content (AvgIpc) is 3.15. The van der Waals surface area contributed by atoms with Crippen LogP contribution in [0.25, 0.3) is 5.65 Å². The fraction of sp³-hybridized carbons (Fsp3) is 0.640. The second-order valence-electron chi connectivity index (χ2n) is 11.0. The van der Waals surface area contributed by atoms with E-state index in [0.717, 1.165) is 30.8 Å². The van der Waals surface area contributed by atoms with Crippen molar-refractivity contribution in [1.82, 2.24) is 24.9 Å². The molecule has 4 saturated carbocycles. The fourth-order valence-electron chi connectivity index (χ4n) is 7.06. The van der Waals surface area contributed by atoms with E-state index < -0.39 is 0 Å². The van der Waals surface area contributed by atoms with E-state index in [1.54, 1.807) is 16.7 Å². The Balaban J connectivity index is 1.29. The predicted molar refractivity (Wildman–Crippen MR) is 124 cm³/mol. The van der Waals surface area contributed by atoms with Gasteiger partial charge in [0.15, 0.2) is 0 Å². The standard InChI is InChI=1S/C25H35N5O2/c1-16(13-29(2)3)27-23(31)20-14-30-21(5-4-6-22(30)28-20)24(32)26-15-25-10-17-7-18(11-25)9-19(8-17)12-25/h4-6,14,16-19H,7-13,15H2,1-3H3,(H,26,32)(H,27,31). The molecular formula is C25H35N5O2. The monoisotopic (exact) mass is 437 g/mol. The summed E-state index contributed by atoms with van der Waals surface area (Å²) in [4.78, 5) is 32.3. The molecule has 0 saturated heterocycles. The van der Waals surface area contributed by atoms with Crippen molar-refractivity contribution < 1.29 is 9.59 Å². The van der Waals surface area contributed by atoms with Crippen molar-refractivity contribution in [3.05, 3.63) is 35.8 Å². The van der Waals surface area contributed by atoms with Crippen LogP contribution in [0.3, 0.4) is 0 Å². The number of rotatable bonds is 7. The second-order valence-corrected chi connectivity index (χ2v) is 11.0. The van der Waals surface area contributed by atoms with Crippen LogP contribution in [-0.2, 0) is 0 Å². The maximum Gasteiger partial charge on any atom is 0.271 e. The molecule has 1 unspecified atom stereocenters. The van der Waals surface area contributed by atoms with Gasteiger partial charge in [0.1, 0.15) is 17.0 Å². The van der Waals surface area contributed by atoms with Gasteiger partial charge in [-0.3, -0.25) is 14.0 Å². The molecule has 0 aliphatic heterocycles. The Morgan fingerprint density at radius 3 is 2.41 bits per heavy atom. The number of fused-ring (bicyclic) bond motifs is 1. The number of nitrogens with one attached hydrogen (secondary N) is 2. The van der Waals surface area contributed by atoms with Gasteiger partial charge in [-0.25, -0.2) is 4.98 Å². The number of hydrogen-bond donors (Lipinski definition) is 2. The normalized spacial score (nSPS) is 29.4. The van der Waals surface area contributed by atoms with Crippen LogP contribution in [0.1, 0.15) is 66.4 Å². The largest absolute Gasteiger partial charge is 0.350 e. The van der Waals surface area contributed by atoms with Crippen molar-refractivity contribution in [1.29, 1.82) is 0 Å². The van der Waals surface area contributed by atoms with E-state index >= 15 is 0 Å². The molecule has 6 rings (SSSR count). The zero-order chi connectivity index (χ0) is 22.5. The highest BCUT2D eigenvalue weighted by molar-refractivity contribution is 5.95. The lowest BCUT2D eigenvalue weighted by Gasteiger charge is -2.56. The van der Waals surface area contributed by atoms with Crippen molar-refractivity contribution in [2.75, 3.05) is 27.2 Å². The van der Waals surface area contributed by atoms with Gasteiger partial charge in [-0.2, -0.15) is 0 Å². The zero-order valence-electron chi connectivity index (χ0n) is 19.4. The van der Waals surface area contributed by atoms with Crippen LogP contribution in [0.15, 0.2) is 24.4 Å². The first kappa shape index (κ1) is 21.4. The lowest BCUT2D eigenvalue weighted by atomic mass is 9.49. The molecule has 32 heavy (non-hydrogen) atoms. The molecule has 0 aromatic carbocycles. The first-order chi connectivity index (χ1) is 15.3. The highest BCUT2D eigenvalue weighted by Crippen LogP contribution is 2.59. The maximum absolute atomic E-state index is 13.2. The van der Waals surface area contributed by atoms with Gasteiger partial charge in [-0.05, 0) is 94.8 Å². The van der Waals surface area contributed by atoms with Crippen LogP contribution in [0.2, 0.25) is 0 Å². The minimum atomic E-state index is -0.219. The van der Waals surface area contributed by atoms with E-state index in [1.807, 2.05) is 38.1 Å². The lowest BCUT2D eigenvalue weighted by molar-refractivity contribution is -0.0503. The quantitative estimate of drug-likeness (QED) is 0.698. The van der Waals surface area contributed by atoms with Gasteiger partial charge in [0.2, 0.25) is 0 Å². The van der Waals surface area contributed by atoms with E-state index in [4.69, 9.17) is 0 Å². The Morgan fingerprint density at radius 1 is 1.12 bits per heavy atom. The maximum atomic E-state index is 13.2. The van der Waals surface area contributed by atoms with Crippen molar-refractivity contribution in [3.8, 4) is 0 Å². The fourth-order valence-corrected chi connectivity index (χ4v) is 7.06. The van der Waals surface area contributed by atoms with Gasteiger partial charge < -0.3 is 15.5 Å². The average molecular weight is 438 g/mol. The second kappa shape index (κ2) is 8.18. The predicted octanol–water partition coefficient (Wildman–Crippen LogP) is 2.96. The van der Waals surface area contributed by atoms with Crippen molar-refractivity contribution in [3.63, 3.8) is 0 Å². The molecule has 0 spiro atoms. The number of imidazole rings is 1. The van der Waals surface area contributed by atoms with E-state index in [1.165, 1.54) is 38.5 Å². The molecule has 4 bridgehead atoms. The third-order valence-corrected chi connectivity index (χ3v) is 7.76. The molecule has 4 aliphatic carbocycles. The molecule has 7 heteroatoms. The molecule has 4 aliphatic rings. The molecule has 2 heterocycles. The van der Waals surface area contributed by atoms with Crippen molar-refractivity contribution in [2.45, 2.75) is 51.5 Å². The summed E-state index contributed by atoms with van der Waals surface area (Å²) in [6.07, 6.45) is 9.68. The number of carbonyl (C=O) groups excluding carboxylic acids is 2. The van der Waals surface area contributed by atoms with Crippen LogP contribution in [0.4, 0.5) is 0 Å². The Kier molecular flexibility index (Phi) is 5.48. The van der Waals surface area contributed by atoms with Crippen LogP contribution >= 0.6 is 0 Å². The number of carbonyl (C=O) groups is 2. The smallest absolute Gasteiger partial charge is 0.271 e. The van der Waals surface area contributed by atoms with Gasteiger partial charge in [0.05, 0.1) is 0 Å². The Bertz CT molecular complexity index is 991. The third kappa shape index (κ3) is 4.15. The summed E-state index contributed by atoms with van der Waals surface area (Å²) in [7, 11) is 3.95. The molecule has 7 nitrogen and oxygen atoms in total. The topological polar surface area (TPSA) is 78.7 Å². The van der Waals surface area contributed by atoms with Gasteiger partial charge in [-0.1, -0.05) is 6.07 Å². The summed E-state index contributed by atoms with van der Waals surface area (Å²) in [5, 5.41) is 6.23. The van der Waals surface area contributed by atoms with E-state index in [-0.39, 0.29) is 17.9 Å². The molecule has 4 fully saturated rings. The summed E-state index contributed by atoms with van der Waals surface area (Å²) < 4.78 is 1.74. The summed E-state index contributed by atoms with van der Waals surface area (Å²) in [6.45, 7) is 3.48. The molecule has 1 atom stereocenters. The van der Waals surface area contributed by atoms with Crippen molar-refractivity contribution >= 4 is 17.5 Å². The number of hydrogen-bond acceptors (Lipinski definition) is 4. The van der Waals surface area contributed by atoms with Gasteiger partial charge in [0.25, 0.3) is 11.8 Å². The molecule has 2 aromatic rings. The van der Waals surface area contributed by atoms with Gasteiger partial charge in [0, 0.05) is 25.3 Å². The molecule has 2 amide bonds. The van der Waals surface area contributed by atoms with Crippen LogP contribution in [0.5, 0.6) is 0 Å². The molecule has 172 valence electrons. The SMILES string of the molecule is CC(CN(C)C)NC(=O)c1cn2c(C(=O)NCC34CC5CC(CC(C5)C3)C4)cccc2n1. The molecule has 2 N–H and O–H groups in total. The first-order valence-corrected chi connectivity index (χ1v) is 12.0. The minimum absolute atomic E-state index is 0.00496. The summed E-state index contributed by atoms with van der Waals surface area (Å²) in [5.41, 5.74) is 1.76. The lowest BCUT2D eigenvalue weighted by Crippen LogP contribution is -2.51. The molecule has 2 aromatic heterocycles. The number of amides is 2. The summed E-state index contributed by atoms with van der Waals surface area (Å²) >= 11 is 0. The summed E-state index contributed by atoms with van der Waals surface area (Å²) in [6, 6.07) is 5.47. The Morgan fingerprint density at radius 2 is 1.78 bits per heavy atom. The number of pyridine rings is 1. The van der Waals surface area contributed by atoms with E-state index in [9.17, 15) is 9.59 Å². The molecular weight excluding hydrogens is 402 g/mol. The van der Waals surface area contributed by atoms with Gasteiger partial charge in [-0.15, -0.1) is 0 Å². The number of likely N-dealkylation sites (N-methyl/N-ethyl adjacent to an activating group) is 1. The van der Waals surface area contributed by atoms with E-state index in [0.29, 0.717) is 22.5 Å². The number of nitrogens with zero attached hydrogens (tertiary/aromatic N) is 3. The molecule has 0 radical (unpaired) electrons. The Labute approximate surface area is 190 Å². The summed E-state index contributed by atoms with van der Waals surface area (Å²) in [5.74, 6) is 2.29.